The van der Waals surface area contributed by atoms with Crippen molar-refractivity contribution in [1.82, 2.24) is 14.8 Å². The number of aryl methyl sites for hydroxylation is 1. The summed E-state index contributed by atoms with van der Waals surface area (Å²) >= 11 is 0. The molecule has 102 valence electrons. The number of nitrogens with zero attached hydrogens (tertiary/aromatic N) is 3. The summed E-state index contributed by atoms with van der Waals surface area (Å²) in [6.07, 6.45) is 3.72. The summed E-state index contributed by atoms with van der Waals surface area (Å²) in [7, 11) is 1.57. The zero-order valence-electron chi connectivity index (χ0n) is 11.0. The van der Waals surface area contributed by atoms with Gasteiger partial charge in [-0.05, 0) is 18.6 Å². The summed E-state index contributed by atoms with van der Waals surface area (Å²) in [5.41, 5.74) is 7.53. The SMILES string of the molecule is CCCn1ncc(OC)c1C(N)c1ccc(F)cn1. The Balaban J connectivity index is 2.38. The smallest absolute Gasteiger partial charge is 0.161 e. The second-order valence-corrected chi connectivity index (χ2v) is 4.20. The molecule has 1 atom stereocenters. The topological polar surface area (TPSA) is 66.0 Å². The van der Waals surface area contributed by atoms with E-state index in [1.165, 1.54) is 6.07 Å². The molecule has 0 aliphatic carbocycles. The molecule has 0 aliphatic rings. The van der Waals surface area contributed by atoms with E-state index in [0.717, 1.165) is 24.9 Å². The second-order valence-electron chi connectivity index (χ2n) is 4.20. The molecule has 2 aromatic rings. The largest absolute Gasteiger partial charge is 0.493 e. The van der Waals surface area contributed by atoms with Gasteiger partial charge in [-0.3, -0.25) is 9.67 Å². The molecule has 0 saturated heterocycles. The molecule has 2 N–H and O–H groups in total. The van der Waals surface area contributed by atoms with Crippen molar-refractivity contribution in [1.29, 1.82) is 0 Å². The Morgan fingerprint density at radius 2 is 2.21 bits per heavy atom. The number of aromatic nitrogens is 3. The molecule has 0 fully saturated rings. The maximum absolute atomic E-state index is 12.9. The molecule has 2 heterocycles. The van der Waals surface area contributed by atoms with E-state index in [-0.39, 0.29) is 5.82 Å². The van der Waals surface area contributed by atoms with E-state index < -0.39 is 6.04 Å². The lowest BCUT2D eigenvalue weighted by atomic mass is 10.1. The minimum Gasteiger partial charge on any atom is -0.493 e. The molecule has 0 radical (unpaired) electrons. The maximum atomic E-state index is 12.9. The molecule has 0 bridgehead atoms. The average Bonchev–Trinajstić information content (AvgIpc) is 2.82. The van der Waals surface area contributed by atoms with Gasteiger partial charge < -0.3 is 10.5 Å². The number of pyridine rings is 1. The van der Waals surface area contributed by atoms with Gasteiger partial charge in [-0.25, -0.2) is 4.39 Å². The second kappa shape index (κ2) is 5.79. The Kier molecular flexibility index (Phi) is 4.11. The van der Waals surface area contributed by atoms with Crippen LogP contribution in [0.2, 0.25) is 0 Å². The van der Waals surface area contributed by atoms with Crippen molar-refractivity contribution >= 4 is 0 Å². The zero-order chi connectivity index (χ0) is 13.8. The van der Waals surface area contributed by atoms with Crippen LogP contribution in [0.1, 0.15) is 30.8 Å². The Hall–Kier alpha value is -1.95. The van der Waals surface area contributed by atoms with Crippen LogP contribution in [0.3, 0.4) is 0 Å². The van der Waals surface area contributed by atoms with E-state index in [4.69, 9.17) is 10.5 Å². The number of rotatable bonds is 5. The lowest BCUT2D eigenvalue weighted by Gasteiger charge is -2.15. The molecule has 2 aromatic heterocycles. The van der Waals surface area contributed by atoms with Crippen molar-refractivity contribution in [2.24, 2.45) is 5.73 Å². The first kappa shape index (κ1) is 13.5. The highest BCUT2D eigenvalue weighted by Gasteiger charge is 2.21. The number of hydrogen-bond donors (Lipinski definition) is 1. The molecular formula is C13H17FN4O. The number of hydrogen-bond acceptors (Lipinski definition) is 4. The highest BCUT2D eigenvalue weighted by atomic mass is 19.1. The van der Waals surface area contributed by atoms with E-state index in [2.05, 4.69) is 17.0 Å². The van der Waals surface area contributed by atoms with E-state index in [1.807, 2.05) is 0 Å². The van der Waals surface area contributed by atoms with Crippen LogP contribution < -0.4 is 10.5 Å². The van der Waals surface area contributed by atoms with Gasteiger partial charge in [0.25, 0.3) is 0 Å². The number of ether oxygens (including phenoxy) is 1. The normalized spacial score (nSPS) is 12.4. The third-order valence-corrected chi connectivity index (χ3v) is 2.86. The Morgan fingerprint density at radius 1 is 1.42 bits per heavy atom. The van der Waals surface area contributed by atoms with Crippen LogP contribution >= 0.6 is 0 Å². The van der Waals surface area contributed by atoms with Crippen LogP contribution in [0.15, 0.2) is 24.5 Å². The summed E-state index contributed by atoms with van der Waals surface area (Å²) in [4.78, 5) is 4.01. The third kappa shape index (κ3) is 2.73. The minimum atomic E-state index is -0.496. The Morgan fingerprint density at radius 3 is 2.79 bits per heavy atom. The predicted octanol–water partition coefficient (Wildman–Crippen LogP) is 1.88. The summed E-state index contributed by atoms with van der Waals surface area (Å²) in [6.45, 7) is 2.80. The van der Waals surface area contributed by atoms with Crippen LogP contribution in [-0.4, -0.2) is 21.9 Å². The highest BCUT2D eigenvalue weighted by molar-refractivity contribution is 5.33. The summed E-state index contributed by atoms with van der Waals surface area (Å²) < 4.78 is 20.0. The van der Waals surface area contributed by atoms with Gasteiger partial charge in [0.1, 0.15) is 11.5 Å². The fourth-order valence-corrected chi connectivity index (χ4v) is 1.95. The van der Waals surface area contributed by atoms with Gasteiger partial charge in [0.2, 0.25) is 0 Å². The van der Waals surface area contributed by atoms with Crippen LogP contribution in [0, 0.1) is 5.82 Å². The van der Waals surface area contributed by atoms with Gasteiger partial charge in [0.15, 0.2) is 5.75 Å². The number of methoxy groups -OCH3 is 1. The first-order valence-electron chi connectivity index (χ1n) is 6.14. The molecule has 2 rings (SSSR count). The fraction of sp³-hybridized carbons (Fsp3) is 0.385. The van der Waals surface area contributed by atoms with Gasteiger partial charge in [-0.2, -0.15) is 5.10 Å². The summed E-state index contributed by atoms with van der Waals surface area (Å²) in [5, 5.41) is 4.25. The van der Waals surface area contributed by atoms with E-state index >= 15 is 0 Å². The Labute approximate surface area is 111 Å². The lowest BCUT2D eigenvalue weighted by molar-refractivity contribution is 0.403. The van der Waals surface area contributed by atoms with Crippen molar-refractivity contribution in [2.45, 2.75) is 25.9 Å². The molecule has 0 amide bonds. The van der Waals surface area contributed by atoms with E-state index in [9.17, 15) is 4.39 Å². The molecule has 0 aromatic carbocycles. The van der Waals surface area contributed by atoms with Crippen molar-refractivity contribution in [3.05, 3.63) is 41.7 Å². The molecule has 0 spiro atoms. The van der Waals surface area contributed by atoms with Crippen molar-refractivity contribution in [3.8, 4) is 5.75 Å². The number of nitrogens with two attached hydrogens (primary N) is 1. The van der Waals surface area contributed by atoms with Crippen LogP contribution in [0.5, 0.6) is 5.75 Å². The predicted molar refractivity (Wildman–Crippen MR) is 69.3 cm³/mol. The van der Waals surface area contributed by atoms with Gasteiger partial charge in [-0.15, -0.1) is 0 Å². The monoisotopic (exact) mass is 264 g/mol. The van der Waals surface area contributed by atoms with Crippen molar-refractivity contribution in [2.75, 3.05) is 7.11 Å². The molecule has 19 heavy (non-hydrogen) atoms. The lowest BCUT2D eigenvalue weighted by Crippen LogP contribution is -2.19. The molecule has 6 heteroatoms. The van der Waals surface area contributed by atoms with Crippen LogP contribution in [-0.2, 0) is 6.54 Å². The third-order valence-electron chi connectivity index (χ3n) is 2.86. The van der Waals surface area contributed by atoms with Crippen LogP contribution in [0.25, 0.3) is 0 Å². The van der Waals surface area contributed by atoms with Crippen molar-refractivity contribution in [3.63, 3.8) is 0 Å². The summed E-state index contributed by atoms with van der Waals surface area (Å²) in [6, 6.07) is 2.42. The van der Waals surface area contributed by atoms with E-state index in [0.29, 0.717) is 11.4 Å². The zero-order valence-corrected chi connectivity index (χ0v) is 11.0. The molecule has 5 nitrogen and oxygen atoms in total. The maximum Gasteiger partial charge on any atom is 0.161 e. The Bertz CT molecular complexity index is 538. The highest BCUT2D eigenvalue weighted by Crippen LogP contribution is 2.27. The molecule has 0 aliphatic heterocycles. The summed E-state index contributed by atoms with van der Waals surface area (Å²) in [5.74, 6) is 0.233. The number of halogens is 1. The standard InChI is InChI=1S/C13H17FN4O/c1-3-6-18-13(11(19-2)8-17-18)12(15)10-5-4-9(14)7-16-10/h4-5,7-8,12H,3,6,15H2,1-2H3. The molecular weight excluding hydrogens is 247 g/mol. The first-order valence-corrected chi connectivity index (χ1v) is 6.14. The fourth-order valence-electron chi connectivity index (χ4n) is 1.95. The van der Waals surface area contributed by atoms with Gasteiger partial charge in [0.05, 0.1) is 31.2 Å². The minimum absolute atomic E-state index is 0.384. The van der Waals surface area contributed by atoms with Gasteiger partial charge in [-0.1, -0.05) is 6.92 Å². The quantitative estimate of drug-likeness (QED) is 0.895. The first-order chi connectivity index (χ1) is 9.17. The van der Waals surface area contributed by atoms with Crippen LogP contribution in [0.4, 0.5) is 4.39 Å². The average molecular weight is 264 g/mol. The molecule has 0 saturated carbocycles. The van der Waals surface area contributed by atoms with Crippen molar-refractivity contribution < 1.29 is 9.13 Å². The van der Waals surface area contributed by atoms with Gasteiger partial charge in [0, 0.05) is 6.54 Å². The van der Waals surface area contributed by atoms with Gasteiger partial charge >= 0.3 is 0 Å². The van der Waals surface area contributed by atoms with E-state index in [1.54, 1.807) is 24.1 Å². The molecule has 1 unspecified atom stereocenters.